The van der Waals surface area contributed by atoms with Crippen LogP contribution in [0.2, 0.25) is 0 Å². The molecule has 17 heavy (non-hydrogen) atoms. The first kappa shape index (κ1) is 14.9. The third kappa shape index (κ3) is 5.34. The summed E-state index contributed by atoms with van der Waals surface area (Å²) in [5, 5.41) is 12.6. The van der Waals surface area contributed by atoms with Crippen LogP contribution in [0.15, 0.2) is 0 Å². The fourth-order valence-electron chi connectivity index (χ4n) is 2.66. The first-order chi connectivity index (χ1) is 8.08. The van der Waals surface area contributed by atoms with E-state index in [1.54, 1.807) is 0 Å². The molecular weight excluding hydrogens is 216 g/mol. The summed E-state index contributed by atoms with van der Waals surface area (Å²) in [5.41, 5.74) is 0.250. The normalized spacial score (nSPS) is 27.4. The number of hydrogen-bond donors (Lipinski definition) is 2. The van der Waals surface area contributed by atoms with Gasteiger partial charge in [0.1, 0.15) is 0 Å². The van der Waals surface area contributed by atoms with Crippen LogP contribution in [0.3, 0.4) is 0 Å². The molecular formula is C13H28N2O2. The van der Waals surface area contributed by atoms with E-state index in [2.05, 4.69) is 17.3 Å². The van der Waals surface area contributed by atoms with Gasteiger partial charge in [-0.2, -0.15) is 0 Å². The van der Waals surface area contributed by atoms with E-state index in [1.165, 1.54) is 6.42 Å². The zero-order valence-electron chi connectivity index (χ0n) is 11.5. The van der Waals surface area contributed by atoms with Gasteiger partial charge in [0.05, 0.1) is 12.7 Å². The molecule has 1 aliphatic rings. The van der Waals surface area contributed by atoms with Crippen molar-refractivity contribution in [3.05, 3.63) is 0 Å². The lowest BCUT2D eigenvalue weighted by molar-refractivity contribution is -0.0229. The molecule has 102 valence electrons. The van der Waals surface area contributed by atoms with E-state index in [0.29, 0.717) is 0 Å². The van der Waals surface area contributed by atoms with Crippen molar-refractivity contribution in [1.82, 2.24) is 10.2 Å². The molecule has 0 radical (unpaired) electrons. The maximum Gasteiger partial charge on any atom is 0.0546 e. The summed E-state index contributed by atoms with van der Waals surface area (Å²) >= 11 is 0. The number of hydrogen-bond acceptors (Lipinski definition) is 4. The molecule has 0 spiro atoms. The average Bonchev–Trinajstić information content (AvgIpc) is 2.28. The fraction of sp³-hybridized carbons (Fsp3) is 1.00. The van der Waals surface area contributed by atoms with Gasteiger partial charge in [0.15, 0.2) is 0 Å². The highest BCUT2D eigenvalue weighted by molar-refractivity contribution is 4.86. The first-order valence-electron chi connectivity index (χ1n) is 6.67. The molecule has 0 bridgehead atoms. The molecule has 0 aromatic heterocycles. The van der Waals surface area contributed by atoms with E-state index in [4.69, 9.17) is 4.74 Å². The highest BCUT2D eigenvalue weighted by Crippen LogP contribution is 2.28. The van der Waals surface area contributed by atoms with Crippen molar-refractivity contribution < 1.29 is 9.84 Å². The second-order valence-electron chi connectivity index (χ2n) is 5.56. The van der Waals surface area contributed by atoms with Crippen LogP contribution < -0.4 is 5.32 Å². The number of aliphatic hydroxyl groups excluding tert-OH is 1. The lowest BCUT2D eigenvalue weighted by atomic mass is 9.82. The highest BCUT2D eigenvalue weighted by Gasteiger charge is 2.33. The molecule has 4 heteroatoms. The van der Waals surface area contributed by atoms with Crippen LogP contribution in [0.4, 0.5) is 0 Å². The maximum atomic E-state index is 9.31. The molecule has 1 aliphatic heterocycles. The molecule has 0 aliphatic carbocycles. The van der Waals surface area contributed by atoms with E-state index < -0.39 is 0 Å². The van der Waals surface area contributed by atoms with Gasteiger partial charge < -0.3 is 20.1 Å². The maximum absolute atomic E-state index is 9.31. The van der Waals surface area contributed by atoms with Crippen molar-refractivity contribution in [3.8, 4) is 0 Å². The summed E-state index contributed by atoms with van der Waals surface area (Å²) in [4.78, 5) is 2.32. The summed E-state index contributed by atoms with van der Waals surface area (Å²) < 4.78 is 5.65. The number of rotatable bonds is 7. The molecule has 2 unspecified atom stereocenters. The Labute approximate surface area is 105 Å². The lowest BCUT2D eigenvalue weighted by Crippen LogP contribution is -2.47. The molecule has 0 amide bonds. The zero-order valence-corrected chi connectivity index (χ0v) is 11.5. The summed E-state index contributed by atoms with van der Waals surface area (Å²) in [5.74, 6) is 0. The van der Waals surface area contributed by atoms with E-state index in [0.717, 1.165) is 45.7 Å². The van der Waals surface area contributed by atoms with Crippen LogP contribution in [-0.4, -0.2) is 63.1 Å². The van der Waals surface area contributed by atoms with Crippen LogP contribution in [0, 0.1) is 5.41 Å². The Bertz CT molecular complexity index is 198. The van der Waals surface area contributed by atoms with Gasteiger partial charge in [-0.15, -0.1) is 0 Å². The SMILES string of the molecule is CNCC1(CN(C)CCC(C)O)CCCOC1. The van der Waals surface area contributed by atoms with Crippen LogP contribution in [0.5, 0.6) is 0 Å². The minimum Gasteiger partial charge on any atom is -0.393 e. The standard InChI is InChI=1S/C13H28N2O2/c1-12(16)5-7-15(3)10-13(9-14-2)6-4-8-17-11-13/h12,14,16H,4-11H2,1-3H3. The van der Waals surface area contributed by atoms with Crippen molar-refractivity contribution in [1.29, 1.82) is 0 Å². The van der Waals surface area contributed by atoms with E-state index >= 15 is 0 Å². The number of aliphatic hydroxyl groups is 1. The van der Waals surface area contributed by atoms with Gasteiger partial charge in [-0.3, -0.25) is 0 Å². The molecule has 4 nitrogen and oxygen atoms in total. The molecule has 1 heterocycles. The van der Waals surface area contributed by atoms with Crippen molar-refractivity contribution in [2.45, 2.75) is 32.3 Å². The van der Waals surface area contributed by atoms with Gasteiger partial charge in [0.2, 0.25) is 0 Å². The smallest absolute Gasteiger partial charge is 0.0546 e. The lowest BCUT2D eigenvalue weighted by Gasteiger charge is -2.40. The molecule has 2 atom stereocenters. The Balaban J connectivity index is 2.42. The minimum absolute atomic E-state index is 0.208. The van der Waals surface area contributed by atoms with Gasteiger partial charge >= 0.3 is 0 Å². The zero-order chi connectivity index (χ0) is 12.7. The highest BCUT2D eigenvalue weighted by atomic mass is 16.5. The average molecular weight is 244 g/mol. The summed E-state index contributed by atoms with van der Waals surface area (Å²) in [6, 6.07) is 0. The Morgan fingerprint density at radius 3 is 2.82 bits per heavy atom. The van der Waals surface area contributed by atoms with Crippen LogP contribution in [0.1, 0.15) is 26.2 Å². The van der Waals surface area contributed by atoms with Crippen molar-refractivity contribution in [2.24, 2.45) is 5.41 Å². The van der Waals surface area contributed by atoms with Gasteiger partial charge in [-0.05, 0) is 40.3 Å². The van der Waals surface area contributed by atoms with Crippen LogP contribution in [0.25, 0.3) is 0 Å². The second kappa shape index (κ2) is 7.31. The molecule has 2 N–H and O–H groups in total. The third-order valence-electron chi connectivity index (χ3n) is 3.49. The summed E-state index contributed by atoms with van der Waals surface area (Å²) in [6.45, 7) is 6.60. The fourth-order valence-corrected chi connectivity index (χ4v) is 2.66. The molecule has 1 fully saturated rings. The Hall–Kier alpha value is -0.160. The Morgan fingerprint density at radius 1 is 1.53 bits per heavy atom. The van der Waals surface area contributed by atoms with Gasteiger partial charge in [0.25, 0.3) is 0 Å². The minimum atomic E-state index is -0.208. The van der Waals surface area contributed by atoms with E-state index in [9.17, 15) is 5.11 Å². The number of nitrogens with zero attached hydrogens (tertiary/aromatic N) is 1. The first-order valence-corrected chi connectivity index (χ1v) is 6.67. The van der Waals surface area contributed by atoms with Crippen molar-refractivity contribution in [2.75, 3.05) is 46.9 Å². The summed E-state index contributed by atoms with van der Waals surface area (Å²) in [7, 11) is 4.14. The van der Waals surface area contributed by atoms with Crippen LogP contribution in [-0.2, 0) is 4.74 Å². The predicted molar refractivity (Wildman–Crippen MR) is 70.2 cm³/mol. The Morgan fingerprint density at radius 2 is 2.29 bits per heavy atom. The van der Waals surface area contributed by atoms with E-state index in [1.807, 2.05) is 14.0 Å². The largest absolute Gasteiger partial charge is 0.393 e. The summed E-state index contributed by atoms with van der Waals surface area (Å²) in [6.07, 6.45) is 3.02. The van der Waals surface area contributed by atoms with Crippen LogP contribution >= 0.6 is 0 Å². The molecule has 1 saturated heterocycles. The topological polar surface area (TPSA) is 44.7 Å². The predicted octanol–water partition coefficient (Wildman–Crippen LogP) is 0.705. The van der Waals surface area contributed by atoms with Gasteiger partial charge in [-0.1, -0.05) is 0 Å². The molecule has 0 aromatic rings. The van der Waals surface area contributed by atoms with Crippen molar-refractivity contribution >= 4 is 0 Å². The quantitative estimate of drug-likeness (QED) is 0.692. The van der Waals surface area contributed by atoms with E-state index in [-0.39, 0.29) is 11.5 Å². The monoisotopic (exact) mass is 244 g/mol. The molecule has 1 rings (SSSR count). The number of ether oxygens (including phenoxy) is 1. The third-order valence-corrected chi connectivity index (χ3v) is 3.49. The molecule has 0 saturated carbocycles. The Kier molecular flexibility index (Phi) is 6.41. The number of nitrogens with one attached hydrogen (secondary N) is 1. The van der Waals surface area contributed by atoms with Gasteiger partial charge in [-0.25, -0.2) is 0 Å². The molecule has 0 aromatic carbocycles. The van der Waals surface area contributed by atoms with Gasteiger partial charge in [0, 0.05) is 31.7 Å². The van der Waals surface area contributed by atoms with Crippen molar-refractivity contribution in [3.63, 3.8) is 0 Å². The second-order valence-corrected chi connectivity index (χ2v) is 5.56.